The van der Waals surface area contributed by atoms with Gasteiger partial charge in [0.1, 0.15) is 0 Å². The number of nitrogens with zero attached hydrogens (tertiary/aromatic N) is 1. The molecule has 0 aliphatic carbocycles. The van der Waals surface area contributed by atoms with Crippen molar-refractivity contribution in [1.29, 1.82) is 0 Å². The van der Waals surface area contributed by atoms with Gasteiger partial charge in [0.15, 0.2) is 0 Å². The molecular formula is C7H12N2O. The highest BCUT2D eigenvalue weighted by Crippen LogP contribution is 2.03. The van der Waals surface area contributed by atoms with Crippen molar-refractivity contribution in [1.82, 2.24) is 4.90 Å². The van der Waals surface area contributed by atoms with Crippen LogP contribution in [0, 0.1) is 0 Å². The lowest BCUT2D eigenvalue weighted by molar-refractivity contribution is -0.113. The number of nitrogens with two attached hydrogens (primary N) is 1. The van der Waals surface area contributed by atoms with E-state index in [0.717, 1.165) is 19.6 Å². The van der Waals surface area contributed by atoms with Gasteiger partial charge in [0.25, 0.3) is 0 Å². The van der Waals surface area contributed by atoms with E-state index in [1.54, 1.807) is 0 Å². The quantitative estimate of drug-likeness (QED) is 0.549. The smallest absolute Gasteiger partial charge is 0.241 e. The maximum absolute atomic E-state index is 10.2. The van der Waals surface area contributed by atoms with Gasteiger partial charge < -0.3 is 5.73 Å². The minimum Gasteiger partial charge on any atom is -0.366 e. The molecule has 0 aromatic heterocycles. The monoisotopic (exact) mass is 140 g/mol. The number of hydrogen-bond acceptors (Lipinski definition) is 2. The number of carbonyl (C=O) groups excluding carboxylic acids is 1. The molecule has 0 saturated carbocycles. The molecule has 1 fully saturated rings. The summed E-state index contributed by atoms with van der Waals surface area (Å²) in [6.07, 6.45) is 4.50. The molecule has 0 unspecified atom stereocenters. The Labute approximate surface area is 60.5 Å². The van der Waals surface area contributed by atoms with Crippen molar-refractivity contribution in [2.45, 2.75) is 6.42 Å². The van der Waals surface area contributed by atoms with Crippen LogP contribution in [-0.4, -0.2) is 30.4 Å². The number of primary amides is 1. The molecule has 3 heteroatoms. The van der Waals surface area contributed by atoms with Gasteiger partial charge in [-0.1, -0.05) is 6.08 Å². The van der Waals surface area contributed by atoms with Gasteiger partial charge in [0.05, 0.1) is 0 Å². The highest BCUT2D eigenvalue weighted by molar-refractivity contribution is 5.85. The second-order valence-corrected chi connectivity index (χ2v) is 2.46. The van der Waals surface area contributed by atoms with Crippen LogP contribution in [0.5, 0.6) is 0 Å². The summed E-state index contributed by atoms with van der Waals surface area (Å²) in [6.45, 7) is 3.18. The Balaban J connectivity index is 2.08. The number of amides is 1. The van der Waals surface area contributed by atoms with E-state index in [0.29, 0.717) is 0 Å². The third-order valence-electron chi connectivity index (χ3n) is 1.59. The average molecular weight is 140 g/mol. The zero-order valence-corrected chi connectivity index (χ0v) is 5.92. The van der Waals surface area contributed by atoms with Gasteiger partial charge in [-0.3, -0.25) is 9.69 Å². The van der Waals surface area contributed by atoms with E-state index in [1.165, 1.54) is 12.5 Å². The van der Waals surface area contributed by atoms with Crippen LogP contribution in [0.2, 0.25) is 0 Å². The van der Waals surface area contributed by atoms with Gasteiger partial charge in [0, 0.05) is 6.54 Å². The molecule has 10 heavy (non-hydrogen) atoms. The summed E-state index contributed by atoms with van der Waals surface area (Å²) < 4.78 is 0. The summed E-state index contributed by atoms with van der Waals surface area (Å²) >= 11 is 0. The van der Waals surface area contributed by atoms with Gasteiger partial charge in [-0.25, -0.2) is 0 Å². The largest absolute Gasteiger partial charge is 0.366 e. The standard InChI is InChI=1S/C7H12N2O/c8-7(10)3-1-4-9-5-2-6-9/h1,3H,2,4-6H2,(H2,8,10). The van der Waals surface area contributed by atoms with Gasteiger partial charge in [-0.2, -0.15) is 0 Å². The summed E-state index contributed by atoms with van der Waals surface area (Å²) in [5.41, 5.74) is 4.89. The lowest BCUT2D eigenvalue weighted by Crippen LogP contribution is -2.37. The number of rotatable bonds is 3. The zero-order valence-electron chi connectivity index (χ0n) is 5.92. The van der Waals surface area contributed by atoms with E-state index in [2.05, 4.69) is 4.90 Å². The van der Waals surface area contributed by atoms with Crippen molar-refractivity contribution in [2.75, 3.05) is 19.6 Å². The van der Waals surface area contributed by atoms with E-state index in [4.69, 9.17) is 5.73 Å². The molecule has 0 bridgehead atoms. The van der Waals surface area contributed by atoms with Crippen LogP contribution in [0.3, 0.4) is 0 Å². The molecule has 0 aromatic rings. The SMILES string of the molecule is NC(=O)C=CCN1CCC1. The number of likely N-dealkylation sites (tertiary alicyclic amines) is 1. The summed E-state index contributed by atoms with van der Waals surface area (Å²) in [5.74, 6) is -0.361. The zero-order chi connectivity index (χ0) is 7.40. The Bertz CT molecular complexity index is 150. The van der Waals surface area contributed by atoms with E-state index >= 15 is 0 Å². The van der Waals surface area contributed by atoms with Crippen LogP contribution in [0.25, 0.3) is 0 Å². The van der Waals surface area contributed by atoms with Crippen molar-refractivity contribution in [3.05, 3.63) is 12.2 Å². The average Bonchev–Trinajstić information content (AvgIpc) is 1.75. The van der Waals surface area contributed by atoms with E-state index < -0.39 is 0 Å². The van der Waals surface area contributed by atoms with E-state index in [1.807, 2.05) is 6.08 Å². The topological polar surface area (TPSA) is 46.3 Å². The lowest BCUT2D eigenvalue weighted by Gasteiger charge is -2.29. The van der Waals surface area contributed by atoms with E-state index in [9.17, 15) is 4.79 Å². The second kappa shape index (κ2) is 3.37. The molecule has 0 radical (unpaired) electrons. The normalized spacial score (nSPS) is 19.2. The van der Waals surface area contributed by atoms with Crippen molar-refractivity contribution >= 4 is 5.91 Å². The first-order chi connectivity index (χ1) is 4.79. The minimum absolute atomic E-state index is 0.361. The summed E-state index contributed by atoms with van der Waals surface area (Å²) in [6, 6.07) is 0. The van der Waals surface area contributed by atoms with Gasteiger partial charge in [-0.15, -0.1) is 0 Å². The summed E-state index contributed by atoms with van der Waals surface area (Å²) in [7, 11) is 0. The third kappa shape index (κ3) is 2.19. The molecule has 1 aliphatic heterocycles. The van der Waals surface area contributed by atoms with Gasteiger partial charge in [-0.05, 0) is 25.6 Å². The lowest BCUT2D eigenvalue weighted by atomic mass is 10.2. The fraction of sp³-hybridized carbons (Fsp3) is 0.571. The van der Waals surface area contributed by atoms with Gasteiger partial charge >= 0.3 is 0 Å². The van der Waals surface area contributed by atoms with Crippen molar-refractivity contribution in [2.24, 2.45) is 5.73 Å². The maximum atomic E-state index is 10.2. The van der Waals surface area contributed by atoms with Crippen molar-refractivity contribution < 1.29 is 4.79 Å². The van der Waals surface area contributed by atoms with Crippen LogP contribution in [0.1, 0.15) is 6.42 Å². The molecule has 0 spiro atoms. The molecule has 2 N–H and O–H groups in total. The Kier molecular flexibility index (Phi) is 2.45. The molecule has 1 saturated heterocycles. The molecule has 1 amide bonds. The highest BCUT2D eigenvalue weighted by Gasteiger charge is 2.10. The molecule has 1 aliphatic rings. The van der Waals surface area contributed by atoms with Crippen LogP contribution >= 0.6 is 0 Å². The first-order valence-corrected chi connectivity index (χ1v) is 3.47. The molecular weight excluding hydrogens is 128 g/mol. The fourth-order valence-electron chi connectivity index (χ4n) is 0.882. The molecule has 3 nitrogen and oxygen atoms in total. The molecule has 0 atom stereocenters. The molecule has 56 valence electrons. The number of carbonyl (C=O) groups is 1. The Hall–Kier alpha value is -0.830. The van der Waals surface area contributed by atoms with Crippen LogP contribution < -0.4 is 5.73 Å². The first-order valence-electron chi connectivity index (χ1n) is 3.47. The van der Waals surface area contributed by atoms with Gasteiger partial charge in [0.2, 0.25) is 5.91 Å². The first kappa shape index (κ1) is 7.28. The van der Waals surface area contributed by atoms with Crippen molar-refractivity contribution in [3.63, 3.8) is 0 Å². The minimum atomic E-state index is -0.361. The Morgan fingerprint density at radius 3 is 2.70 bits per heavy atom. The molecule has 1 rings (SSSR count). The highest BCUT2D eigenvalue weighted by atomic mass is 16.1. The van der Waals surface area contributed by atoms with Crippen LogP contribution in [0.15, 0.2) is 12.2 Å². The summed E-state index contributed by atoms with van der Waals surface area (Å²) in [5, 5.41) is 0. The third-order valence-corrected chi connectivity index (χ3v) is 1.59. The van der Waals surface area contributed by atoms with Crippen LogP contribution in [0.4, 0.5) is 0 Å². The number of hydrogen-bond donors (Lipinski definition) is 1. The predicted octanol–water partition coefficient (Wildman–Crippen LogP) is -0.266. The predicted molar refractivity (Wildman–Crippen MR) is 39.4 cm³/mol. The Morgan fingerprint density at radius 2 is 2.30 bits per heavy atom. The molecule has 1 heterocycles. The summed E-state index contributed by atoms with van der Waals surface area (Å²) in [4.78, 5) is 12.5. The van der Waals surface area contributed by atoms with Crippen molar-refractivity contribution in [3.8, 4) is 0 Å². The maximum Gasteiger partial charge on any atom is 0.241 e. The second-order valence-electron chi connectivity index (χ2n) is 2.46. The Morgan fingerprint density at radius 1 is 1.60 bits per heavy atom. The van der Waals surface area contributed by atoms with Crippen LogP contribution in [-0.2, 0) is 4.79 Å². The van der Waals surface area contributed by atoms with E-state index in [-0.39, 0.29) is 5.91 Å². The molecule has 0 aromatic carbocycles. The fourth-order valence-corrected chi connectivity index (χ4v) is 0.882.